The Morgan fingerprint density at radius 3 is 2.06 bits per heavy atom. The lowest BCUT2D eigenvalue weighted by Crippen LogP contribution is -2.35. The average Bonchev–Trinajstić information content (AvgIpc) is 3.44. The van der Waals surface area contributed by atoms with Crippen molar-refractivity contribution in [2.24, 2.45) is 0 Å². The number of ether oxygens (including phenoxy) is 3. The first-order valence-electron chi connectivity index (χ1n) is 17.5. The minimum absolute atomic E-state index is 0.193. The molecular weight excluding hydrogens is 651 g/mol. The van der Waals surface area contributed by atoms with Gasteiger partial charge >= 0.3 is 0 Å². The number of hydrogen-bond donors (Lipinski definition) is 0. The first-order chi connectivity index (χ1) is 24.9. The lowest BCUT2D eigenvalue weighted by Gasteiger charge is -2.39. The van der Waals surface area contributed by atoms with Crippen molar-refractivity contribution in [3.63, 3.8) is 0 Å². The molecule has 1 saturated heterocycles. The molecule has 1 fully saturated rings. The average molecular weight is 690 g/mol. The van der Waals surface area contributed by atoms with Gasteiger partial charge < -0.3 is 19.1 Å². The second kappa shape index (κ2) is 12.2. The topological polar surface area (TPSA) is 56.7 Å². The zero-order chi connectivity index (χ0) is 34.7. The normalized spacial score (nSPS) is 18.5. The molecule has 1 unspecified atom stereocenters. The fraction of sp³-hybridized carbons (Fsp3) is 0.227. The highest BCUT2D eigenvalue weighted by Crippen LogP contribution is 2.58. The standard InChI is InChI=1S/C44H39N3O3S/c1-43(2)36-12-8-7-11-34(36)39-32-9-5-6-10-33(32)41-35(40(39)43)21-22-44(50-41,30-17-19-31(20-18-30)47-23-25-51-26-24-47)29-15-13-28(14-16-29)42-45-37(48-3)27-38(46-42)49-4/h5-22,27H,23-26H2,1-4H3. The Kier molecular flexibility index (Phi) is 7.58. The highest BCUT2D eigenvalue weighted by Gasteiger charge is 2.44. The molecule has 0 bridgehead atoms. The maximum Gasteiger partial charge on any atom is 0.220 e. The van der Waals surface area contributed by atoms with E-state index in [9.17, 15) is 0 Å². The number of thioether (sulfide) groups is 1. The van der Waals surface area contributed by atoms with Crippen molar-refractivity contribution in [1.29, 1.82) is 0 Å². The molecule has 6 aromatic rings. The number of methoxy groups -OCH3 is 2. The van der Waals surface area contributed by atoms with E-state index >= 15 is 0 Å². The van der Waals surface area contributed by atoms with Crippen LogP contribution in [0.4, 0.5) is 5.69 Å². The summed E-state index contributed by atoms with van der Waals surface area (Å²) in [6, 6.07) is 36.6. The van der Waals surface area contributed by atoms with Crippen molar-refractivity contribution in [2.75, 3.05) is 43.7 Å². The Morgan fingerprint density at radius 2 is 1.37 bits per heavy atom. The van der Waals surface area contributed by atoms with Crippen LogP contribution in [0.5, 0.6) is 17.5 Å². The Hall–Kier alpha value is -5.27. The predicted octanol–water partition coefficient (Wildman–Crippen LogP) is 9.52. The van der Waals surface area contributed by atoms with Gasteiger partial charge in [0.15, 0.2) is 11.4 Å². The monoisotopic (exact) mass is 689 g/mol. The zero-order valence-electron chi connectivity index (χ0n) is 29.3. The highest BCUT2D eigenvalue weighted by molar-refractivity contribution is 7.99. The summed E-state index contributed by atoms with van der Waals surface area (Å²) in [4.78, 5) is 11.7. The molecule has 0 spiro atoms. The van der Waals surface area contributed by atoms with Gasteiger partial charge in [-0.1, -0.05) is 105 Å². The van der Waals surface area contributed by atoms with Crippen molar-refractivity contribution in [1.82, 2.24) is 9.97 Å². The fourth-order valence-electron chi connectivity index (χ4n) is 8.23. The van der Waals surface area contributed by atoms with E-state index in [0.29, 0.717) is 17.6 Å². The number of rotatable bonds is 6. The maximum absolute atomic E-state index is 7.55. The van der Waals surface area contributed by atoms with Gasteiger partial charge in [0.1, 0.15) is 5.75 Å². The van der Waals surface area contributed by atoms with Crippen LogP contribution in [0.2, 0.25) is 0 Å². The summed E-state index contributed by atoms with van der Waals surface area (Å²) in [6.07, 6.45) is 4.58. The van der Waals surface area contributed by atoms with Crippen molar-refractivity contribution < 1.29 is 14.2 Å². The fourth-order valence-corrected chi connectivity index (χ4v) is 9.13. The molecule has 1 aliphatic carbocycles. The molecule has 0 N–H and O–H groups in total. The van der Waals surface area contributed by atoms with Crippen molar-refractivity contribution in [3.05, 3.63) is 137 Å². The van der Waals surface area contributed by atoms with Gasteiger partial charge in [-0.2, -0.15) is 21.7 Å². The molecule has 7 heteroatoms. The molecule has 3 aliphatic rings. The molecule has 2 aliphatic heterocycles. The summed E-state index contributed by atoms with van der Waals surface area (Å²) in [6.45, 7) is 6.81. The third-order valence-electron chi connectivity index (χ3n) is 10.8. The summed E-state index contributed by atoms with van der Waals surface area (Å²) in [5.41, 5.74) is 9.54. The Labute approximate surface area is 303 Å². The van der Waals surface area contributed by atoms with Crippen LogP contribution >= 0.6 is 11.8 Å². The largest absolute Gasteiger partial charge is 0.481 e. The first-order valence-corrected chi connectivity index (χ1v) is 18.7. The molecule has 51 heavy (non-hydrogen) atoms. The quantitative estimate of drug-likeness (QED) is 0.173. The lowest BCUT2D eigenvalue weighted by atomic mass is 9.76. The van der Waals surface area contributed by atoms with Crippen LogP contribution in [-0.2, 0) is 11.0 Å². The molecular formula is C44H39N3O3S. The SMILES string of the molecule is COc1cc(OC)nc(-c2ccc(C3(c4ccc(N5CCSCC5)cc4)C=Cc4c5c(c6ccccc6c4O3)-c3ccccc3C5(C)C)cc2)n1. The summed E-state index contributed by atoms with van der Waals surface area (Å²) in [7, 11) is 3.19. The van der Waals surface area contributed by atoms with E-state index in [1.165, 1.54) is 33.3 Å². The number of aromatic nitrogens is 2. The molecule has 0 amide bonds. The van der Waals surface area contributed by atoms with Gasteiger partial charge in [0.2, 0.25) is 11.8 Å². The summed E-state index contributed by atoms with van der Waals surface area (Å²) >= 11 is 2.02. The van der Waals surface area contributed by atoms with Crippen LogP contribution in [0.25, 0.3) is 39.4 Å². The van der Waals surface area contributed by atoms with Crippen LogP contribution in [0.3, 0.4) is 0 Å². The summed E-state index contributed by atoms with van der Waals surface area (Å²) < 4.78 is 18.4. The number of nitrogens with zero attached hydrogens (tertiary/aromatic N) is 3. The second-order valence-corrected chi connectivity index (χ2v) is 15.1. The molecule has 1 aromatic heterocycles. The van der Waals surface area contributed by atoms with Crippen molar-refractivity contribution in [2.45, 2.75) is 24.9 Å². The van der Waals surface area contributed by atoms with E-state index in [0.717, 1.165) is 58.0 Å². The molecule has 5 aromatic carbocycles. The number of benzene rings is 5. The molecule has 1 atom stereocenters. The van der Waals surface area contributed by atoms with Crippen LogP contribution in [0.1, 0.15) is 41.7 Å². The van der Waals surface area contributed by atoms with Gasteiger partial charge in [0.25, 0.3) is 0 Å². The van der Waals surface area contributed by atoms with Crippen LogP contribution in [0, 0.1) is 0 Å². The second-order valence-electron chi connectivity index (χ2n) is 13.9. The van der Waals surface area contributed by atoms with E-state index in [1.807, 2.05) is 11.8 Å². The van der Waals surface area contributed by atoms with Crippen LogP contribution < -0.4 is 19.1 Å². The number of fused-ring (bicyclic) bond motifs is 8. The molecule has 6 nitrogen and oxygen atoms in total. The third kappa shape index (κ3) is 5.01. The highest BCUT2D eigenvalue weighted by atomic mass is 32.2. The molecule has 3 heterocycles. The van der Waals surface area contributed by atoms with E-state index in [-0.39, 0.29) is 5.41 Å². The molecule has 254 valence electrons. The Balaban J connectivity index is 1.22. The van der Waals surface area contributed by atoms with E-state index in [1.54, 1.807) is 20.3 Å². The Morgan fingerprint density at radius 1 is 0.745 bits per heavy atom. The zero-order valence-corrected chi connectivity index (χ0v) is 30.1. The third-order valence-corrected chi connectivity index (χ3v) is 11.7. The predicted molar refractivity (Wildman–Crippen MR) is 209 cm³/mol. The number of anilines is 1. The smallest absolute Gasteiger partial charge is 0.220 e. The van der Waals surface area contributed by atoms with Crippen molar-refractivity contribution in [3.8, 4) is 40.0 Å². The van der Waals surface area contributed by atoms with E-state index < -0.39 is 5.60 Å². The van der Waals surface area contributed by atoms with Crippen molar-refractivity contribution >= 4 is 34.3 Å². The van der Waals surface area contributed by atoms with E-state index in [4.69, 9.17) is 14.2 Å². The maximum atomic E-state index is 7.55. The van der Waals surface area contributed by atoms with Crippen LogP contribution in [-0.4, -0.2) is 48.8 Å². The van der Waals surface area contributed by atoms with Crippen LogP contribution in [0.15, 0.2) is 109 Å². The van der Waals surface area contributed by atoms with Gasteiger partial charge in [-0.15, -0.1) is 0 Å². The molecule has 0 radical (unpaired) electrons. The Bertz CT molecular complexity index is 2310. The minimum Gasteiger partial charge on any atom is -0.481 e. The van der Waals surface area contributed by atoms with Gasteiger partial charge in [0, 0.05) is 63.3 Å². The summed E-state index contributed by atoms with van der Waals surface area (Å²) in [5, 5.41) is 2.33. The lowest BCUT2D eigenvalue weighted by molar-refractivity contribution is 0.163. The van der Waals surface area contributed by atoms with Gasteiger partial charge in [-0.3, -0.25) is 0 Å². The first kappa shape index (κ1) is 31.7. The molecule has 9 rings (SSSR count). The van der Waals surface area contributed by atoms with E-state index in [2.05, 4.69) is 138 Å². The number of hydrogen-bond acceptors (Lipinski definition) is 7. The van der Waals surface area contributed by atoms with Gasteiger partial charge in [-0.05, 0) is 45.8 Å². The molecule has 0 saturated carbocycles. The summed E-state index contributed by atoms with van der Waals surface area (Å²) in [5.74, 6) is 4.65. The van der Waals surface area contributed by atoms with Gasteiger partial charge in [0.05, 0.1) is 20.3 Å². The van der Waals surface area contributed by atoms with Gasteiger partial charge in [-0.25, -0.2) is 0 Å². The minimum atomic E-state index is -0.888.